The van der Waals surface area contributed by atoms with Gasteiger partial charge in [0.05, 0.1) is 0 Å². The molecule has 2 aromatic rings. The van der Waals surface area contributed by atoms with Crippen molar-refractivity contribution >= 4 is 17.6 Å². The van der Waals surface area contributed by atoms with Gasteiger partial charge in [0.1, 0.15) is 5.84 Å². The standard InChI is InChI=1S/C23H22F3N3O2/c1-15-8-7-11-17(14-15)20(30)28-22(23(24,25)26)21(31)29(18-12-5-6-13-18)19(27-22)16-9-3-2-4-10-16/h2-4,7-11,14,18H,5-6,12-13H2,1H3,(H,28,30)/t22-/m1/s1. The van der Waals surface area contributed by atoms with Crippen molar-refractivity contribution in [3.63, 3.8) is 0 Å². The monoisotopic (exact) mass is 429 g/mol. The number of hydrogen-bond acceptors (Lipinski definition) is 3. The van der Waals surface area contributed by atoms with Crippen LogP contribution < -0.4 is 5.32 Å². The van der Waals surface area contributed by atoms with E-state index in [-0.39, 0.29) is 17.4 Å². The first-order chi connectivity index (χ1) is 14.7. The van der Waals surface area contributed by atoms with E-state index in [2.05, 4.69) is 4.99 Å². The number of carbonyl (C=O) groups is 2. The van der Waals surface area contributed by atoms with Crippen LogP contribution in [-0.2, 0) is 4.79 Å². The Morgan fingerprint density at radius 3 is 2.39 bits per heavy atom. The number of nitrogens with zero attached hydrogens (tertiary/aromatic N) is 2. The number of halogens is 3. The first-order valence-corrected chi connectivity index (χ1v) is 10.2. The summed E-state index contributed by atoms with van der Waals surface area (Å²) in [4.78, 5) is 31.2. The molecule has 0 unspecified atom stereocenters. The van der Waals surface area contributed by atoms with Crippen LogP contribution in [0.25, 0.3) is 0 Å². The zero-order chi connectivity index (χ0) is 22.2. The van der Waals surface area contributed by atoms with Gasteiger partial charge in [0.25, 0.3) is 11.8 Å². The van der Waals surface area contributed by atoms with Gasteiger partial charge in [-0.1, -0.05) is 60.9 Å². The molecule has 0 saturated heterocycles. The Balaban J connectivity index is 1.81. The van der Waals surface area contributed by atoms with Crippen LogP contribution in [0.1, 0.15) is 47.2 Å². The maximum Gasteiger partial charge on any atom is 0.442 e. The first-order valence-electron chi connectivity index (χ1n) is 10.2. The smallest absolute Gasteiger partial charge is 0.312 e. The van der Waals surface area contributed by atoms with Crippen molar-refractivity contribution < 1.29 is 22.8 Å². The van der Waals surface area contributed by atoms with Gasteiger partial charge >= 0.3 is 11.8 Å². The van der Waals surface area contributed by atoms with Crippen LogP contribution in [0.5, 0.6) is 0 Å². The van der Waals surface area contributed by atoms with E-state index in [1.165, 1.54) is 12.1 Å². The van der Waals surface area contributed by atoms with Crippen molar-refractivity contribution in [2.45, 2.75) is 50.5 Å². The third-order valence-electron chi connectivity index (χ3n) is 5.74. The van der Waals surface area contributed by atoms with Gasteiger partial charge in [-0.15, -0.1) is 0 Å². The molecule has 0 radical (unpaired) electrons. The Morgan fingerprint density at radius 1 is 1.10 bits per heavy atom. The molecule has 1 saturated carbocycles. The highest BCUT2D eigenvalue weighted by molar-refractivity contribution is 6.17. The molecular weight excluding hydrogens is 407 g/mol. The predicted octanol–water partition coefficient (Wildman–Crippen LogP) is 4.22. The summed E-state index contributed by atoms with van der Waals surface area (Å²) in [5.74, 6) is -2.31. The third-order valence-corrected chi connectivity index (χ3v) is 5.74. The molecule has 1 heterocycles. The van der Waals surface area contributed by atoms with E-state index in [0.29, 0.717) is 24.0 Å². The van der Waals surface area contributed by atoms with Crippen LogP contribution in [0, 0.1) is 6.92 Å². The molecule has 8 heteroatoms. The van der Waals surface area contributed by atoms with E-state index in [1.807, 2.05) is 5.32 Å². The number of carbonyl (C=O) groups excluding carboxylic acids is 2. The average Bonchev–Trinajstić information content (AvgIpc) is 3.35. The average molecular weight is 429 g/mol. The van der Waals surface area contributed by atoms with Gasteiger partial charge in [0.2, 0.25) is 0 Å². The Hall–Kier alpha value is -3.16. The minimum absolute atomic E-state index is 0.0344. The number of benzene rings is 2. The van der Waals surface area contributed by atoms with Crippen molar-refractivity contribution in [2.24, 2.45) is 4.99 Å². The summed E-state index contributed by atoms with van der Waals surface area (Å²) in [6, 6.07) is 14.1. The quantitative estimate of drug-likeness (QED) is 0.791. The van der Waals surface area contributed by atoms with E-state index in [9.17, 15) is 22.8 Å². The van der Waals surface area contributed by atoms with Crippen LogP contribution in [-0.4, -0.2) is 40.4 Å². The molecule has 2 aromatic carbocycles. The Labute approximate surface area is 178 Å². The first kappa shape index (κ1) is 21.1. The second-order valence-electron chi connectivity index (χ2n) is 7.95. The van der Waals surface area contributed by atoms with Crippen molar-refractivity contribution in [3.05, 3.63) is 71.3 Å². The fourth-order valence-electron chi connectivity index (χ4n) is 4.18. The summed E-state index contributed by atoms with van der Waals surface area (Å²) >= 11 is 0. The molecule has 31 heavy (non-hydrogen) atoms. The molecule has 5 nitrogen and oxygen atoms in total. The molecule has 162 valence electrons. The molecule has 1 aliphatic carbocycles. The van der Waals surface area contributed by atoms with Crippen molar-refractivity contribution in [3.8, 4) is 0 Å². The Kier molecular flexibility index (Phi) is 5.33. The number of amides is 2. The second kappa shape index (κ2) is 7.83. The zero-order valence-electron chi connectivity index (χ0n) is 16.9. The number of aryl methyl sites for hydroxylation is 1. The molecule has 0 spiro atoms. The van der Waals surface area contributed by atoms with Gasteiger partial charge in [-0.2, -0.15) is 13.2 Å². The molecule has 0 aromatic heterocycles. The normalized spacial score (nSPS) is 22.0. The van der Waals surface area contributed by atoms with Gasteiger partial charge in [-0.05, 0) is 31.9 Å². The summed E-state index contributed by atoms with van der Waals surface area (Å²) in [6.07, 6.45) is -2.28. The molecule has 1 atom stereocenters. The highest BCUT2D eigenvalue weighted by atomic mass is 19.4. The molecule has 1 fully saturated rings. The number of aliphatic imine (C=N–C) groups is 1. The summed E-state index contributed by atoms with van der Waals surface area (Å²) < 4.78 is 43.2. The zero-order valence-corrected chi connectivity index (χ0v) is 16.9. The van der Waals surface area contributed by atoms with Crippen LogP contribution in [0.2, 0.25) is 0 Å². The SMILES string of the molecule is Cc1cccc(C(=O)N[C@]2(C(F)(F)F)N=C(c3ccccc3)N(C3CCCC3)C2=O)c1. The van der Waals surface area contributed by atoms with Crippen LogP contribution in [0.15, 0.2) is 59.6 Å². The lowest BCUT2D eigenvalue weighted by Crippen LogP contribution is -2.64. The summed E-state index contributed by atoms with van der Waals surface area (Å²) in [7, 11) is 0. The van der Waals surface area contributed by atoms with E-state index in [0.717, 1.165) is 17.7 Å². The number of amidine groups is 1. The lowest BCUT2D eigenvalue weighted by atomic mass is 10.1. The van der Waals surface area contributed by atoms with Crippen LogP contribution >= 0.6 is 0 Å². The number of hydrogen-bond donors (Lipinski definition) is 1. The van der Waals surface area contributed by atoms with Gasteiger partial charge in [-0.3, -0.25) is 14.5 Å². The molecule has 1 aliphatic heterocycles. The summed E-state index contributed by atoms with van der Waals surface area (Å²) in [6.45, 7) is 1.73. The van der Waals surface area contributed by atoms with Crippen molar-refractivity contribution in [2.75, 3.05) is 0 Å². The molecule has 1 N–H and O–H groups in total. The topological polar surface area (TPSA) is 61.8 Å². The molecule has 2 amide bonds. The lowest BCUT2D eigenvalue weighted by Gasteiger charge is -2.31. The van der Waals surface area contributed by atoms with Crippen LogP contribution in [0.3, 0.4) is 0 Å². The predicted molar refractivity (Wildman–Crippen MR) is 110 cm³/mol. The number of alkyl halides is 3. The maximum absolute atomic E-state index is 14.4. The third kappa shape index (κ3) is 3.71. The maximum atomic E-state index is 14.4. The molecule has 0 bridgehead atoms. The van der Waals surface area contributed by atoms with E-state index in [1.54, 1.807) is 49.4 Å². The fraction of sp³-hybridized carbons (Fsp3) is 0.348. The van der Waals surface area contributed by atoms with Gasteiger partial charge in [0.15, 0.2) is 0 Å². The van der Waals surface area contributed by atoms with E-state index in [4.69, 9.17) is 0 Å². The minimum Gasteiger partial charge on any atom is -0.312 e. The van der Waals surface area contributed by atoms with Gasteiger partial charge in [0, 0.05) is 17.2 Å². The summed E-state index contributed by atoms with van der Waals surface area (Å²) in [5, 5.41) is 1.94. The van der Waals surface area contributed by atoms with E-state index >= 15 is 0 Å². The van der Waals surface area contributed by atoms with Crippen LogP contribution in [0.4, 0.5) is 13.2 Å². The second-order valence-corrected chi connectivity index (χ2v) is 7.95. The number of nitrogens with one attached hydrogen (secondary N) is 1. The van der Waals surface area contributed by atoms with Gasteiger partial charge < -0.3 is 5.32 Å². The molecular formula is C23H22F3N3O2. The highest BCUT2D eigenvalue weighted by Gasteiger charge is 2.68. The van der Waals surface area contributed by atoms with Crippen molar-refractivity contribution in [1.29, 1.82) is 0 Å². The molecule has 4 rings (SSSR count). The fourth-order valence-corrected chi connectivity index (χ4v) is 4.18. The lowest BCUT2D eigenvalue weighted by molar-refractivity contribution is -0.196. The van der Waals surface area contributed by atoms with E-state index < -0.39 is 23.7 Å². The minimum atomic E-state index is -5.11. The van der Waals surface area contributed by atoms with Gasteiger partial charge in [-0.25, -0.2) is 4.99 Å². The highest BCUT2D eigenvalue weighted by Crippen LogP contribution is 2.41. The van der Waals surface area contributed by atoms with Crippen molar-refractivity contribution in [1.82, 2.24) is 10.2 Å². The number of rotatable bonds is 4. The largest absolute Gasteiger partial charge is 0.442 e. The Morgan fingerprint density at radius 2 is 1.77 bits per heavy atom. The summed E-state index contributed by atoms with van der Waals surface area (Å²) in [5.41, 5.74) is -2.21. The Bertz CT molecular complexity index is 1030. The molecule has 2 aliphatic rings.